The largest absolute Gasteiger partial charge is 0.308 e. The number of rotatable bonds is 5. The Balaban J connectivity index is 1.81. The number of benzene rings is 1. The molecule has 0 bridgehead atoms. The minimum atomic E-state index is -3.71. The topological polar surface area (TPSA) is 80.3 Å². The summed E-state index contributed by atoms with van der Waals surface area (Å²) < 4.78 is 62.5. The fourth-order valence-electron chi connectivity index (χ4n) is 2.74. The quantitative estimate of drug-likeness (QED) is 0.841. The molecule has 1 aliphatic rings. The highest BCUT2D eigenvalue weighted by molar-refractivity contribution is 7.97. The van der Waals surface area contributed by atoms with Gasteiger partial charge < -0.3 is 5.32 Å². The van der Waals surface area contributed by atoms with Gasteiger partial charge in [-0.25, -0.2) is 21.2 Å². The second-order valence-electron chi connectivity index (χ2n) is 5.71. The predicted molar refractivity (Wildman–Crippen MR) is 91.0 cm³/mol. The Bertz CT molecular complexity index is 906. The summed E-state index contributed by atoms with van der Waals surface area (Å²) in [6, 6.07) is 8.20. The first-order chi connectivity index (χ1) is 11.3. The van der Waals surface area contributed by atoms with Crippen LogP contribution >= 0.6 is 11.3 Å². The van der Waals surface area contributed by atoms with Gasteiger partial charge in [0.15, 0.2) is 19.7 Å². The van der Waals surface area contributed by atoms with Crippen molar-refractivity contribution in [3.63, 3.8) is 0 Å². The number of halogens is 1. The second-order valence-corrected chi connectivity index (χ2v) is 11.2. The van der Waals surface area contributed by atoms with Crippen molar-refractivity contribution in [1.29, 1.82) is 0 Å². The molecule has 0 amide bonds. The van der Waals surface area contributed by atoms with E-state index in [1.54, 1.807) is 23.6 Å². The van der Waals surface area contributed by atoms with Crippen molar-refractivity contribution in [2.24, 2.45) is 0 Å². The van der Waals surface area contributed by atoms with Crippen molar-refractivity contribution >= 4 is 31.0 Å². The van der Waals surface area contributed by atoms with Crippen LogP contribution in [0.5, 0.6) is 0 Å². The van der Waals surface area contributed by atoms with Crippen LogP contribution in [0.15, 0.2) is 46.0 Å². The molecular formula is C15H16FNO4S3. The van der Waals surface area contributed by atoms with Gasteiger partial charge in [0.25, 0.3) is 0 Å². The minimum absolute atomic E-state index is 0.179. The Morgan fingerprint density at radius 1 is 1.17 bits per heavy atom. The van der Waals surface area contributed by atoms with Crippen molar-refractivity contribution in [1.82, 2.24) is 5.32 Å². The second kappa shape index (κ2) is 6.55. The molecule has 1 aromatic carbocycles. The van der Waals surface area contributed by atoms with Gasteiger partial charge in [-0.1, -0.05) is 18.2 Å². The normalized spacial score (nSPS) is 23.4. The molecule has 3 rings (SSSR count). The van der Waals surface area contributed by atoms with E-state index in [2.05, 4.69) is 5.32 Å². The van der Waals surface area contributed by atoms with Gasteiger partial charge in [0.2, 0.25) is 0 Å². The summed E-state index contributed by atoms with van der Waals surface area (Å²) in [7, 11) is -7.14. The van der Waals surface area contributed by atoms with Gasteiger partial charge in [0, 0.05) is 12.6 Å². The Hall–Kier alpha value is -1.29. The van der Waals surface area contributed by atoms with E-state index in [9.17, 15) is 21.2 Å². The lowest BCUT2D eigenvalue weighted by molar-refractivity contribution is 0.527. The van der Waals surface area contributed by atoms with E-state index < -0.39 is 31.0 Å². The molecule has 2 heterocycles. The summed E-state index contributed by atoms with van der Waals surface area (Å²) in [5.74, 6) is -0.960. The number of hydrogen-bond donors (Lipinski definition) is 1. The fourth-order valence-corrected chi connectivity index (χ4v) is 8.68. The summed E-state index contributed by atoms with van der Waals surface area (Å²) in [6.07, 6.45) is 0. The first-order valence-corrected chi connectivity index (χ1v) is 11.5. The van der Waals surface area contributed by atoms with E-state index in [0.717, 1.165) is 16.9 Å². The smallest absolute Gasteiger partial charge is 0.193 e. The third-order valence-electron chi connectivity index (χ3n) is 3.96. The first kappa shape index (κ1) is 17.5. The Morgan fingerprint density at radius 2 is 1.88 bits per heavy atom. The maximum atomic E-state index is 12.9. The maximum absolute atomic E-state index is 12.9. The third kappa shape index (κ3) is 3.69. The van der Waals surface area contributed by atoms with Gasteiger partial charge in [-0.2, -0.15) is 0 Å². The van der Waals surface area contributed by atoms with E-state index in [1.165, 1.54) is 18.2 Å². The van der Waals surface area contributed by atoms with Crippen molar-refractivity contribution in [2.45, 2.75) is 22.0 Å². The average molecular weight is 389 g/mol. The average Bonchev–Trinajstić information content (AvgIpc) is 3.15. The van der Waals surface area contributed by atoms with Crippen molar-refractivity contribution in [2.75, 3.05) is 11.5 Å². The monoisotopic (exact) mass is 389 g/mol. The third-order valence-corrected chi connectivity index (χ3v) is 9.54. The zero-order chi connectivity index (χ0) is 17.4. The SMILES string of the molecule is O=S1(=O)C[C@H](NCc2ccc(F)cc2)[C@@H](S(=O)(=O)c2cccs2)C1. The zero-order valence-electron chi connectivity index (χ0n) is 12.6. The molecule has 130 valence electrons. The van der Waals surface area contributed by atoms with E-state index in [4.69, 9.17) is 0 Å². The molecule has 1 fully saturated rings. The lowest BCUT2D eigenvalue weighted by atomic mass is 10.2. The van der Waals surface area contributed by atoms with Crippen LogP contribution in [0, 0.1) is 5.82 Å². The van der Waals surface area contributed by atoms with Crippen molar-refractivity contribution in [3.05, 3.63) is 53.2 Å². The molecule has 0 aliphatic carbocycles. The minimum Gasteiger partial charge on any atom is -0.308 e. The van der Waals surface area contributed by atoms with Gasteiger partial charge in [-0.05, 0) is 29.1 Å². The highest BCUT2D eigenvalue weighted by Gasteiger charge is 2.45. The highest BCUT2D eigenvalue weighted by atomic mass is 32.2. The molecule has 0 unspecified atom stereocenters. The van der Waals surface area contributed by atoms with Gasteiger partial charge in [-0.3, -0.25) is 0 Å². The van der Waals surface area contributed by atoms with Gasteiger partial charge in [0.1, 0.15) is 10.0 Å². The van der Waals surface area contributed by atoms with E-state index in [1.807, 2.05) is 0 Å². The molecule has 0 saturated carbocycles. The standard InChI is InChI=1S/C15H16FNO4S3/c16-12-5-3-11(4-6-12)8-17-13-9-23(18,19)10-14(13)24(20,21)15-2-1-7-22-15/h1-7,13-14,17H,8-10H2/t13-,14-/m0/s1. The van der Waals surface area contributed by atoms with Crippen LogP contribution in [-0.2, 0) is 26.2 Å². The van der Waals surface area contributed by atoms with E-state index in [0.29, 0.717) is 0 Å². The molecule has 24 heavy (non-hydrogen) atoms. The number of sulfone groups is 2. The molecular weight excluding hydrogens is 373 g/mol. The predicted octanol–water partition coefficient (Wildman–Crippen LogP) is 1.62. The van der Waals surface area contributed by atoms with Crippen LogP contribution in [0.25, 0.3) is 0 Å². The highest BCUT2D eigenvalue weighted by Crippen LogP contribution is 2.28. The summed E-state index contributed by atoms with van der Waals surface area (Å²) in [5, 5.41) is 3.65. The number of thiophene rings is 1. The van der Waals surface area contributed by atoms with E-state index in [-0.39, 0.29) is 28.1 Å². The van der Waals surface area contributed by atoms with Crippen LogP contribution in [0.1, 0.15) is 5.56 Å². The Kier molecular flexibility index (Phi) is 4.78. The summed E-state index contributed by atoms with van der Waals surface area (Å²) in [4.78, 5) is 0. The molecule has 2 atom stereocenters. The molecule has 9 heteroatoms. The Morgan fingerprint density at radius 3 is 2.50 bits per heavy atom. The maximum Gasteiger partial charge on any atom is 0.193 e. The molecule has 1 N–H and O–H groups in total. The summed E-state index contributed by atoms with van der Waals surface area (Å²) in [5.41, 5.74) is 0.757. The Labute approximate surface area is 144 Å². The van der Waals surface area contributed by atoms with Crippen LogP contribution in [0.3, 0.4) is 0 Å². The van der Waals surface area contributed by atoms with E-state index >= 15 is 0 Å². The van der Waals surface area contributed by atoms with Crippen LogP contribution in [0.2, 0.25) is 0 Å². The van der Waals surface area contributed by atoms with Gasteiger partial charge in [0.05, 0.1) is 16.8 Å². The lowest BCUT2D eigenvalue weighted by Crippen LogP contribution is -2.42. The van der Waals surface area contributed by atoms with Crippen molar-refractivity contribution in [3.8, 4) is 0 Å². The van der Waals surface area contributed by atoms with Crippen LogP contribution in [-0.4, -0.2) is 39.6 Å². The summed E-state index contributed by atoms with van der Waals surface area (Å²) >= 11 is 1.08. The summed E-state index contributed by atoms with van der Waals surface area (Å²) in [6.45, 7) is 0.275. The van der Waals surface area contributed by atoms with Crippen molar-refractivity contribution < 1.29 is 21.2 Å². The lowest BCUT2D eigenvalue weighted by Gasteiger charge is -2.19. The first-order valence-electron chi connectivity index (χ1n) is 7.23. The zero-order valence-corrected chi connectivity index (χ0v) is 15.0. The van der Waals surface area contributed by atoms with Crippen LogP contribution in [0.4, 0.5) is 4.39 Å². The molecule has 5 nitrogen and oxygen atoms in total. The number of hydrogen-bond acceptors (Lipinski definition) is 6. The molecule has 2 aromatic rings. The number of nitrogens with one attached hydrogen (secondary N) is 1. The van der Waals surface area contributed by atoms with Crippen LogP contribution < -0.4 is 5.32 Å². The molecule has 1 aromatic heterocycles. The molecule has 1 aliphatic heterocycles. The van der Waals surface area contributed by atoms with Gasteiger partial charge in [-0.15, -0.1) is 11.3 Å². The fraction of sp³-hybridized carbons (Fsp3) is 0.333. The molecule has 1 saturated heterocycles. The molecule has 0 radical (unpaired) electrons. The molecule has 0 spiro atoms. The van der Waals surface area contributed by atoms with Gasteiger partial charge >= 0.3 is 0 Å².